The first-order valence-corrected chi connectivity index (χ1v) is 11.3. The van der Waals surface area contributed by atoms with E-state index in [1.165, 1.54) is 24.6 Å². The van der Waals surface area contributed by atoms with E-state index in [-0.39, 0.29) is 29.1 Å². The summed E-state index contributed by atoms with van der Waals surface area (Å²) in [6, 6.07) is 8.59. The van der Waals surface area contributed by atoms with Crippen LogP contribution in [-0.2, 0) is 9.84 Å². The fourth-order valence-electron chi connectivity index (χ4n) is 3.13. The number of ether oxygens (including phenoxy) is 1. The van der Waals surface area contributed by atoms with Gasteiger partial charge in [0.1, 0.15) is 0 Å². The highest BCUT2D eigenvalue weighted by atomic mass is 32.2. The van der Waals surface area contributed by atoms with E-state index in [2.05, 4.69) is 15.4 Å². The number of aromatic nitrogens is 3. The van der Waals surface area contributed by atoms with E-state index < -0.39 is 9.84 Å². The van der Waals surface area contributed by atoms with E-state index in [0.717, 1.165) is 10.6 Å². The number of amides is 1. The summed E-state index contributed by atoms with van der Waals surface area (Å²) in [6.45, 7) is 0. The van der Waals surface area contributed by atoms with Crippen LogP contribution in [0.4, 0.5) is 5.69 Å². The normalized spacial score (nSPS) is 18.1. The number of nitrogens with one attached hydrogen (secondary N) is 1. The maximum absolute atomic E-state index is 12.7. The van der Waals surface area contributed by atoms with Crippen LogP contribution >= 0.6 is 11.3 Å². The molecular formula is C18H18N4O4S2. The molecule has 4 heterocycles. The van der Waals surface area contributed by atoms with E-state index in [0.29, 0.717) is 18.0 Å². The zero-order valence-electron chi connectivity index (χ0n) is 15.0. The van der Waals surface area contributed by atoms with Crippen molar-refractivity contribution in [2.75, 3.05) is 23.9 Å². The predicted molar refractivity (Wildman–Crippen MR) is 107 cm³/mol. The SMILES string of the molecule is COc1ccc(NC(=O)c2cc(-c3cccs3)n(C3CCS(=O)(=O)C3)n2)cn1. The second-order valence-corrected chi connectivity index (χ2v) is 9.61. The van der Waals surface area contributed by atoms with Gasteiger partial charge >= 0.3 is 0 Å². The lowest BCUT2D eigenvalue weighted by atomic mass is 10.2. The summed E-state index contributed by atoms with van der Waals surface area (Å²) >= 11 is 1.52. The van der Waals surface area contributed by atoms with Gasteiger partial charge in [-0.1, -0.05) is 6.07 Å². The van der Waals surface area contributed by atoms with Gasteiger partial charge in [-0.25, -0.2) is 13.4 Å². The molecule has 0 aliphatic carbocycles. The van der Waals surface area contributed by atoms with Crippen LogP contribution in [0.2, 0.25) is 0 Å². The van der Waals surface area contributed by atoms with E-state index in [9.17, 15) is 13.2 Å². The third kappa shape index (κ3) is 3.78. The Hall–Kier alpha value is -2.72. The zero-order chi connectivity index (χ0) is 19.7. The van der Waals surface area contributed by atoms with Gasteiger partial charge < -0.3 is 10.1 Å². The van der Waals surface area contributed by atoms with E-state index in [4.69, 9.17) is 4.74 Å². The predicted octanol–water partition coefficient (Wildman–Crippen LogP) is 2.63. The van der Waals surface area contributed by atoms with Crippen molar-refractivity contribution in [3.63, 3.8) is 0 Å². The van der Waals surface area contributed by atoms with Crippen molar-refractivity contribution in [3.05, 3.63) is 47.6 Å². The van der Waals surface area contributed by atoms with E-state index >= 15 is 0 Å². The lowest BCUT2D eigenvalue weighted by Crippen LogP contribution is -2.16. The summed E-state index contributed by atoms with van der Waals surface area (Å²) in [5, 5.41) is 9.13. The first-order valence-electron chi connectivity index (χ1n) is 8.60. The number of hydrogen-bond donors (Lipinski definition) is 1. The summed E-state index contributed by atoms with van der Waals surface area (Å²) in [7, 11) is -1.56. The maximum atomic E-state index is 12.7. The van der Waals surface area contributed by atoms with Crippen molar-refractivity contribution in [1.82, 2.24) is 14.8 Å². The molecule has 146 valence electrons. The van der Waals surface area contributed by atoms with Gasteiger partial charge in [0.2, 0.25) is 5.88 Å². The number of anilines is 1. The third-order valence-corrected chi connectivity index (χ3v) is 7.14. The third-order valence-electron chi connectivity index (χ3n) is 4.50. The molecule has 0 aromatic carbocycles. The Morgan fingerprint density at radius 3 is 2.82 bits per heavy atom. The molecule has 3 aromatic rings. The average Bonchev–Trinajstić information content (AvgIpc) is 3.40. The van der Waals surface area contributed by atoms with Gasteiger partial charge in [0.05, 0.1) is 47.1 Å². The van der Waals surface area contributed by atoms with Gasteiger partial charge in [-0.3, -0.25) is 9.48 Å². The molecule has 1 aliphatic heterocycles. The molecule has 0 saturated carbocycles. The molecular weight excluding hydrogens is 400 g/mol. The van der Waals surface area contributed by atoms with E-state index in [1.807, 2.05) is 17.5 Å². The largest absolute Gasteiger partial charge is 0.481 e. The minimum atomic E-state index is -3.07. The van der Waals surface area contributed by atoms with Crippen LogP contribution in [0.5, 0.6) is 5.88 Å². The molecule has 4 rings (SSSR count). The number of rotatable bonds is 5. The Labute approximate surface area is 166 Å². The molecule has 1 unspecified atom stereocenters. The number of pyridine rings is 1. The highest BCUT2D eigenvalue weighted by Crippen LogP contribution is 2.32. The fourth-order valence-corrected chi connectivity index (χ4v) is 5.56. The summed E-state index contributed by atoms with van der Waals surface area (Å²) in [4.78, 5) is 17.7. The van der Waals surface area contributed by atoms with Gasteiger partial charge in [-0.2, -0.15) is 5.10 Å². The topological polar surface area (TPSA) is 103 Å². The Morgan fingerprint density at radius 1 is 1.36 bits per heavy atom. The minimum absolute atomic E-state index is 0.0382. The summed E-state index contributed by atoms with van der Waals surface area (Å²) in [5.41, 5.74) is 1.49. The standard InChI is InChI=1S/C18H18N4O4S2/c1-26-17-5-4-12(10-19-17)20-18(23)14-9-15(16-3-2-7-27-16)22(21-14)13-6-8-28(24,25)11-13/h2-5,7,9-10,13H,6,8,11H2,1H3,(H,20,23). The molecule has 0 radical (unpaired) electrons. The summed E-state index contributed by atoms with van der Waals surface area (Å²) in [5.74, 6) is 0.242. The molecule has 3 aromatic heterocycles. The van der Waals surface area contributed by atoms with Crippen molar-refractivity contribution in [1.29, 1.82) is 0 Å². The van der Waals surface area contributed by atoms with Crippen LogP contribution in [0.1, 0.15) is 23.0 Å². The number of nitrogens with zero attached hydrogens (tertiary/aromatic N) is 3. The number of carbonyl (C=O) groups is 1. The van der Waals surface area contributed by atoms with Crippen LogP contribution < -0.4 is 10.1 Å². The van der Waals surface area contributed by atoms with Crippen LogP contribution in [0.25, 0.3) is 10.6 Å². The molecule has 1 atom stereocenters. The van der Waals surface area contributed by atoms with Gasteiger partial charge in [-0.15, -0.1) is 11.3 Å². The number of thiophene rings is 1. The van der Waals surface area contributed by atoms with Crippen LogP contribution in [0.3, 0.4) is 0 Å². The van der Waals surface area contributed by atoms with Crippen molar-refractivity contribution in [2.24, 2.45) is 0 Å². The molecule has 1 fully saturated rings. The van der Waals surface area contributed by atoms with E-state index in [1.54, 1.807) is 22.9 Å². The molecule has 28 heavy (non-hydrogen) atoms. The molecule has 1 amide bonds. The molecule has 10 heteroatoms. The van der Waals surface area contributed by atoms with Crippen molar-refractivity contribution >= 4 is 32.8 Å². The molecule has 1 aliphatic rings. The van der Waals surface area contributed by atoms with Crippen LogP contribution in [0.15, 0.2) is 41.9 Å². The van der Waals surface area contributed by atoms with Gasteiger partial charge in [0, 0.05) is 6.07 Å². The molecule has 1 saturated heterocycles. The number of sulfone groups is 1. The monoisotopic (exact) mass is 418 g/mol. The smallest absolute Gasteiger partial charge is 0.276 e. The van der Waals surface area contributed by atoms with Gasteiger partial charge in [-0.05, 0) is 30.0 Å². The second-order valence-electron chi connectivity index (χ2n) is 6.44. The average molecular weight is 419 g/mol. The maximum Gasteiger partial charge on any atom is 0.276 e. The second kappa shape index (κ2) is 7.36. The Morgan fingerprint density at radius 2 is 2.21 bits per heavy atom. The summed E-state index contributed by atoms with van der Waals surface area (Å²) < 4.78 is 30.5. The quantitative estimate of drug-likeness (QED) is 0.683. The Kier molecular flexibility index (Phi) is 4.90. The van der Waals surface area contributed by atoms with Gasteiger partial charge in [0.25, 0.3) is 5.91 Å². The van der Waals surface area contributed by atoms with Crippen molar-refractivity contribution < 1.29 is 17.9 Å². The zero-order valence-corrected chi connectivity index (χ0v) is 16.7. The first-order chi connectivity index (χ1) is 13.4. The van der Waals surface area contributed by atoms with Crippen molar-refractivity contribution in [2.45, 2.75) is 12.5 Å². The Balaban J connectivity index is 1.63. The lowest BCUT2D eigenvalue weighted by Gasteiger charge is -2.12. The van der Waals surface area contributed by atoms with Crippen LogP contribution in [-0.4, -0.2) is 47.7 Å². The highest BCUT2D eigenvalue weighted by Gasteiger charge is 2.32. The fraction of sp³-hybridized carbons (Fsp3) is 0.278. The van der Waals surface area contributed by atoms with Crippen molar-refractivity contribution in [3.8, 4) is 16.5 Å². The molecule has 1 N–H and O–H groups in total. The lowest BCUT2D eigenvalue weighted by molar-refractivity contribution is 0.102. The number of methoxy groups -OCH3 is 1. The molecule has 0 bridgehead atoms. The van der Waals surface area contributed by atoms with Gasteiger partial charge in [0.15, 0.2) is 15.5 Å². The minimum Gasteiger partial charge on any atom is -0.481 e. The number of hydrogen-bond acceptors (Lipinski definition) is 7. The highest BCUT2D eigenvalue weighted by molar-refractivity contribution is 7.91. The Bertz CT molecular complexity index is 1090. The number of carbonyl (C=O) groups excluding carboxylic acids is 1. The molecule has 0 spiro atoms. The molecule has 8 nitrogen and oxygen atoms in total. The summed E-state index contributed by atoms with van der Waals surface area (Å²) in [6.07, 6.45) is 1.99. The first kappa shape index (κ1) is 18.6. The van der Waals surface area contributed by atoms with Crippen LogP contribution in [0, 0.1) is 0 Å².